The van der Waals surface area contributed by atoms with Crippen LogP contribution in [0.2, 0.25) is 0 Å². The van der Waals surface area contributed by atoms with Crippen LogP contribution in [0.15, 0.2) is 59.8 Å². The number of aromatic nitrogens is 2. The fraction of sp³-hybridized carbons (Fsp3) is 0.438. The molecular weight excluding hydrogens is 622 g/mol. The molecule has 13 heteroatoms. The van der Waals surface area contributed by atoms with Crippen molar-refractivity contribution in [3.63, 3.8) is 0 Å². The molecule has 8 nitrogen and oxygen atoms in total. The van der Waals surface area contributed by atoms with Gasteiger partial charge in [0.15, 0.2) is 0 Å². The van der Waals surface area contributed by atoms with Crippen molar-refractivity contribution in [2.24, 2.45) is 11.7 Å². The van der Waals surface area contributed by atoms with Gasteiger partial charge in [0.2, 0.25) is 5.95 Å². The second-order valence-corrected chi connectivity index (χ2v) is 13.2. The molecule has 0 radical (unpaired) electrons. The summed E-state index contributed by atoms with van der Waals surface area (Å²) >= 11 is 1.48. The van der Waals surface area contributed by atoms with E-state index in [1.54, 1.807) is 24.4 Å². The van der Waals surface area contributed by atoms with Crippen molar-refractivity contribution in [1.29, 1.82) is 0 Å². The number of nitrogens with one attached hydrogen (secondary N) is 3. The number of thioether (sulfide) groups is 1. The fourth-order valence-corrected chi connectivity index (χ4v) is 6.49. The topological polar surface area (TPSA) is 114 Å². The molecule has 0 spiro atoms. The third-order valence-corrected chi connectivity index (χ3v) is 8.99. The number of piperidine rings is 1. The lowest BCUT2D eigenvalue weighted by atomic mass is 10.0. The number of allylic oxidation sites excluding steroid dienone is 2. The van der Waals surface area contributed by atoms with Crippen molar-refractivity contribution < 1.29 is 22.1 Å². The Bertz CT molecular complexity index is 1510. The van der Waals surface area contributed by atoms with E-state index in [0.29, 0.717) is 45.2 Å². The molecule has 3 unspecified atom stereocenters. The summed E-state index contributed by atoms with van der Waals surface area (Å²) in [5.41, 5.74) is 6.23. The van der Waals surface area contributed by atoms with Crippen molar-refractivity contribution in [2.45, 2.75) is 59.2 Å². The van der Waals surface area contributed by atoms with Crippen molar-refractivity contribution >= 4 is 50.1 Å². The summed E-state index contributed by atoms with van der Waals surface area (Å²) in [5.74, 6) is 0.353. The number of nitrogens with two attached hydrogens (primary N) is 1. The predicted molar refractivity (Wildman–Crippen MR) is 182 cm³/mol. The SMILES string of the molecule is C=C(C)S/C(=C(/Oc1c(C)cc(NS(=O)CC(F)(F)F)c2ccccc12)C(C)CC)c1ccnc(NC2CCCNC2)n1.CN. The smallest absolute Gasteiger partial charge is 0.402 e. The van der Waals surface area contributed by atoms with Crippen LogP contribution in [0, 0.1) is 12.8 Å². The summed E-state index contributed by atoms with van der Waals surface area (Å²) in [6.07, 6.45) is 0.0809. The Balaban J connectivity index is 0.00000271. The van der Waals surface area contributed by atoms with E-state index in [2.05, 4.69) is 46.5 Å². The molecule has 4 rings (SSSR count). The molecule has 45 heavy (non-hydrogen) atoms. The highest BCUT2D eigenvalue weighted by atomic mass is 32.2. The predicted octanol–water partition coefficient (Wildman–Crippen LogP) is 7.38. The minimum absolute atomic E-state index is 0.00831. The van der Waals surface area contributed by atoms with E-state index in [-0.39, 0.29) is 12.0 Å². The summed E-state index contributed by atoms with van der Waals surface area (Å²) in [4.78, 5) is 11.0. The quantitative estimate of drug-likeness (QED) is 0.148. The van der Waals surface area contributed by atoms with Gasteiger partial charge in [0.1, 0.15) is 28.2 Å². The number of ether oxygens (including phenoxy) is 1. The first-order chi connectivity index (χ1) is 21.4. The number of nitrogens with zero attached hydrogens (tertiary/aromatic N) is 2. The minimum Gasteiger partial charge on any atom is -0.459 e. The highest BCUT2D eigenvalue weighted by molar-refractivity contribution is 8.11. The molecular formula is C32H43F3N6O2S2. The van der Waals surface area contributed by atoms with Gasteiger partial charge >= 0.3 is 6.18 Å². The largest absolute Gasteiger partial charge is 0.459 e. The van der Waals surface area contributed by atoms with Gasteiger partial charge in [-0.05, 0) is 69.3 Å². The van der Waals surface area contributed by atoms with Crippen LogP contribution in [-0.2, 0) is 11.0 Å². The molecule has 2 aromatic carbocycles. The zero-order valence-corrected chi connectivity index (χ0v) is 28.0. The number of hydrogen-bond acceptors (Lipinski definition) is 8. The Kier molecular flexibility index (Phi) is 13.7. The maximum absolute atomic E-state index is 12.9. The first-order valence-corrected chi connectivity index (χ1v) is 17.0. The van der Waals surface area contributed by atoms with E-state index in [4.69, 9.17) is 9.72 Å². The molecule has 1 aromatic heterocycles. The first kappa shape index (κ1) is 36.3. The summed E-state index contributed by atoms with van der Waals surface area (Å²) < 4.78 is 60.3. The third kappa shape index (κ3) is 10.5. The third-order valence-electron chi connectivity index (χ3n) is 6.99. The lowest BCUT2D eigenvalue weighted by molar-refractivity contribution is -0.105. The molecule has 2 heterocycles. The van der Waals surface area contributed by atoms with E-state index in [0.717, 1.165) is 42.2 Å². The van der Waals surface area contributed by atoms with Gasteiger partial charge in [0.05, 0.1) is 16.3 Å². The van der Waals surface area contributed by atoms with Gasteiger partial charge < -0.3 is 25.8 Å². The molecule has 3 atom stereocenters. The van der Waals surface area contributed by atoms with Gasteiger partial charge in [-0.1, -0.05) is 56.5 Å². The number of alkyl halides is 3. The average Bonchev–Trinajstić information content (AvgIpc) is 3.00. The number of anilines is 2. The van der Waals surface area contributed by atoms with Crippen LogP contribution >= 0.6 is 11.8 Å². The lowest BCUT2D eigenvalue weighted by Crippen LogP contribution is -2.38. The lowest BCUT2D eigenvalue weighted by Gasteiger charge is -2.25. The molecule has 0 bridgehead atoms. The van der Waals surface area contributed by atoms with Crippen LogP contribution in [0.1, 0.15) is 51.3 Å². The van der Waals surface area contributed by atoms with E-state index < -0.39 is 22.9 Å². The molecule has 1 saturated heterocycles. The Morgan fingerprint density at radius 2 is 1.98 bits per heavy atom. The number of rotatable bonds is 12. The monoisotopic (exact) mass is 664 g/mol. The zero-order valence-electron chi connectivity index (χ0n) is 26.4. The van der Waals surface area contributed by atoms with Crippen LogP contribution in [-0.4, -0.2) is 52.3 Å². The summed E-state index contributed by atoms with van der Waals surface area (Å²) in [6.45, 7) is 13.9. The molecule has 0 saturated carbocycles. The van der Waals surface area contributed by atoms with E-state index in [1.165, 1.54) is 18.8 Å². The Morgan fingerprint density at radius 1 is 1.27 bits per heavy atom. The Labute approximate surface area is 270 Å². The second kappa shape index (κ2) is 17.0. The zero-order chi connectivity index (χ0) is 33.1. The minimum atomic E-state index is -4.55. The molecule has 1 aliphatic rings. The second-order valence-electron chi connectivity index (χ2n) is 10.7. The van der Waals surface area contributed by atoms with Crippen LogP contribution in [0.4, 0.5) is 24.8 Å². The molecule has 246 valence electrons. The molecule has 1 fully saturated rings. The van der Waals surface area contributed by atoms with E-state index in [1.807, 2.05) is 32.0 Å². The maximum Gasteiger partial charge on any atom is 0.402 e. The van der Waals surface area contributed by atoms with Gasteiger partial charge in [0.25, 0.3) is 0 Å². The van der Waals surface area contributed by atoms with Crippen LogP contribution in [0.25, 0.3) is 15.7 Å². The first-order valence-electron chi connectivity index (χ1n) is 14.8. The van der Waals surface area contributed by atoms with Gasteiger partial charge in [-0.3, -0.25) is 0 Å². The van der Waals surface area contributed by atoms with Crippen LogP contribution < -0.4 is 25.8 Å². The van der Waals surface area contributed by atoms with E-state index >= 15 is 0 Å². The summed E-state index contributed by atoms with van der Waals surface area (Å²) in [6, 6.07) is 11.0. The highest BCUT2D eigenvalue weighted by Crippen LogP contribution is 2.42. The summed E-state index contributed by atoms with van der Waals surface area (Å²) in [7, 11) is -0.838. The fourth-order valence-electron chi connectivity index (χ4n) is 4.80. The Hall–Kier alpha value is -3.13. The Morgan fingerprint density at radius 3 is 2.60 bits per heavy atom. The number of fused-ring (bicyclic) bond motifs is 1. The molecule has 1 aliphatic heterocycles. The normalized spacial score (nSPS) is 17.0. The summed E-state index contributed by atoms with van der Waals surface area (Å²) in [5, 5.41) is 8.13. The number of benzene rings is 2. The van der Waals surface area contributed by atoms with Gasteiger partial charge in [-0.25, -0.2) is 14.2 Å². The number of aryl methyl sites for hydroxylation is 1. The van der Waals surface area contributed by atoms with Crippen molar-refractivity contribution in [2.75, 3.05) is 35.9 Å². The molecule has 5 N–H and O–H groups in total. The number of hydrogen-bond donors (Lipinski definition) is 4. The van der Waals surface area contributed by atoms with Crippen molar-refractivity contribution in [3.8, 4) is 5.75 Å². The van der Waals surface area contributed by atoms with E-state index in [9.17, 15) is 17.4 Å². The molecule has 0 aliphatic carbocycles. The molecule has 3 aromatic rings. The van der Waals surface area contributed by atoms with Crippen LogP contribution in [0.5, 0.6) is 5.75 Å². The van der Waals surface area contributed by atoms with Gasteiger partial charge in [-0.2, -0.15) is 13.2 Å². The van der Waals surface area contributed by atoms with Gasteiger partial charge in [-0.15, -0.1) is 0 Å². The standard InChI is InChI=1S/C31H38F3N5O2S2.CH5N/c1-6-20(4)28(29(42-19(2)3)25-13-15-36-30(38-25)37-22-10-9-14-35-17-22)41-27-21(5)16-26(23-11-7-8-12-24(23)27)39-43(40)18-31(32,33)34;1-2/h7-8,11-13,15-16,20,22,35,39H,2,6,9-10,14,17-18H2,1,3-5H3,(H,36,37,38);2H2,1H3/b29-28+;. The number of halogens is 3. The average molecular weight is 665 g/mol. The maximum atomic E-state index is 12.9. The van der Waals surface area contributed by atoms with Crippen LogP contribution in [0.3, 0.4) is 0 Å². The van der Waals surface area contributed by atoms with Crippen molar-refractivity contribution in [3.05, 3.63) is 71.1 Å². The highest BCUT2D eigenvalue weighted by Gasteiger charge is 2.31. The molecule has 0 amide bonds. The van der Waals surface area contributed by atoms with Gasteiger partial charge in [0, 0.05) is 35.5 Å². The van der Waals surface area contributed by atoms with Crippen molar-refractivity contribution in [1.82, 2.24) is 15.3 Å².